The Morgan fingerprint density at radius 1 is 0.800 bits per heavy atom. The van der Waals surface area contributed by atoms with Crippen LogP contribution in [0.15, 0.2) is 72.8 Å². The Morgan fingerprint density at radius 3 is 2.37 bits per heavy atom. The van der Waals surface area contributed by atoms with Crippen molar-refractivity contribution in [2.45, 2.75) is 19.3 Å². The summed E-state index contributed by atoms with van der Waals surface area (Å²) in [7, 11) is 0. The van der Waals surface area contributed by atoms with E-state index in [1.54, 1.807) is 0 Å². The molecule has 1 aromatic heterocycles. The average Bonchev–Trinajstić information content (AvgIpc) is 3.24. The van der Waals surface area contributed by atoms with Crippen molar-refractivity contribution in [3.63, 3.8) is 0 Å². The van der Waals surface area contributed by atoms with Crippen molar-refractivity contribution in [1.82, 2.24) is 14.9 Å². The van der Waals surface area contributed by atoms with Crippen molar-refractivity contribution in [3.05, 3.63) is 72.8 Å². The maximum absolute atomic E-state index is 4.79. The third kappa shape index (κ3) is 4.24. The van der Waals surface area contributed by atoms with Crippen LogP contribution in [0.5, 0.6) is 0 Å². The molecule has 1 aliphatic rings. The second-order valence-electron chi connectivity index (χ2n) is 8.09. The number of aromatic nitrogens is 2. The van der Waals surface area contributed by atoms with Crippen LogP contribution in [0.2, 0.25) is 0 Å². The molecule has 0 radical (unpaired) electrons. The topological polar surface area (TPSA) is 44.0 Å². The molecule has 152 valence electrons. The zero-order chi connectivity index (χ0) is 20.2. The van der Waals surface area contributed by atoms with Crippen molar-refractivity contribution in [2.24, 2.45) is 0 Å². The van der Waals surface area contributed by atoms with Gasteiger partial charge in [-0.25, -0.2) is 4.98 Å². The van der Waals surface area contributed by atoms with Gasteiger partial charge in [0.25, 0.3) is 0 Å². The molecule has 0 aliphatic carbocycles. The SMILES string of the molecule is c1ccc(-c2ccc3nc(-c4ccc(NCCN5CCCCC5)cc4)[nH]c3c2)cc1. The molecule has 5 rings (SSSR count). The van der Waals surface area contributed by atoms with E-state index in [0.717, 1.165) is 35.5 Å². The van der Waals surface area contributed by atoms with Gasteiger partial charge in [0.15, 0.2) is 0 Å². The normalized spacial score (nSPS) is 14.8. The number of rotatable bonds is 6. The molecule has 0 amide bonds. The summed E-state index contributed by atoms with van der Waals surface area (Å²) in [5, 5.41) is 3.55. The minimum atomic E-state index is 0.912. The molecule has 0 bridgehead atoms. The Labute approximate surface area is 178 Å². The van der Waals surface area contributed by atoms with E-state index < -0.39 is 0 Å². The zero-order valence-electron chi connectivity index (χ0n) is 17.3. The highest BCUT2D eigenvalue weighted by Gasteiger charge is 2.10. The molecule has 0 spiro atoms. The predicted molar refractivity (Wildman–Crippen MR) is 126 cm³/mol. The van der Waals surface area contributed by atoms with Gasteiger partial charge in [-0.15, -0.1) is 0 Å². The van der Waals surface area contributed by atoms with Crippen LogP contribution in [0.4, 0.5) is 5.69 Å². The standard InChI is InChI=1S/C26H28N4/c1-3-7-20(8-4-1)22-11-14-24-25(19-22)29-26(28-24)21-9-12-23(13-10-21)27-15-18-30-16-5-2-6-17-30/h1,3-4,7-14,19,27H,2,5-6,15-18H2,(H,28,29). The summed E-state index contributed by atoms with van der Waals surface area (Å²) in [5.41, 5.74) is 6.75. The second-order valence-corrected chi connectivity index (χ2v) is 8.09. The number of fused-ring (bicyclic) bond motifs is 1. The fraction of sp³-hybridized carbons (Fsp3) is 0.269. The van der Waals surface area contributed by atoms with Gasteiger partial charge in [0.2, 0.25) is 0 Å². The molecular formula is C26H28N4. The maximum Gasteiger partial charge on any atom is 0.138 e. The minimum absolute atomic E-state index is 0.912. The number of aromatic amines is 1. The molecule has 1 aliphatic heterocycles. The van der Waals surface area contributed by atoms with Crippen LogP contribution < -0.4 is 5.32 Å². The highest BCUT2D eigenvalue weighted by atomic mass is 15.1. The summed E-state index contributed by atoms with van der Waals surface area (Å²) in [4.78, 5) is 10.8. The van der Waals surface area contributed by atoms with E-state index in [1.165, 1.54) is 49.2 Å². The number of benzene rings is 3. The van der Waals surface area contributed by atoms with Gasteiger partial charge in [-0.1, -0.05) is 42.8 Å². The Bertz CT molecular complexity index is 1090. The van der Waals surface area contributed by atoms with E-state index in [-0.39, 0.29) is 0 Å². The highest BCUT2D eigenvalue weighted by molar-refractivity contribution is 5.84. The fourth-order valence-corrected chi connectivity index (χ4v) is 4.24. The third-order valence-electron chi connectivity index (χ3n) is 5.95. The largest absolute Gasteiger partial charge is 0.384 e. The molecular weight excluding hydrogens is 368 g/mol. The Morgan fingerprint density at radius 2 is 1.57 bits per heavy atom. The second kappa shape index (κ2) is 8.72. The number of anilines is 1. The van der Waals surface area contributed by atoms with Crippen LogP contribution in [-0.2, 0) is 0 Å². The first-order chi connectivity index (χ1) is 14.8. The lowest BCUT2D eigenvalue weighted by Crippen LogP contribution is -2.33. The van der Waals surface area contributed by atoms with E-state index in [0.29, 0.717) is 0 Å². The van der Waals surface area contributed by atoms with Crippen LogP contribution in [-0.4, -0.2) is 41.0 Å². The number of piperidine rings is 1. The van der Waals surface area contributed by atoms with Gasteiger partial charge < -0.3 is 15.2 Å². The molecule has 4 heteroatoms. The molecule has 0 unspecified atom stereocenters. The summed E-state index contributed by atoms with van der Waals surface area (Å²) < 4.78 is 0. The average molecular weight is 397 g/mol. The summed E-state index contributed by atoms with van der Waals surface area (Å²) in [5.74, 6) is 0.912. The van der Waals surface area contributed by atoms with Crippen molar-refractivity contribution >= 4 is 16.7 Å². The molecule has 2 heterocycles. The summed E-state index contributed by atoms with van der Waals surface area (Å²) >= 11 is 0. The molecule has 4 nitrogen and oxygen atoms in total. The predicted octanol–water partition coefficient (Wildman–Crippen LogP) is 5.79. The van der Waals surface area contributed by atoms with Gasteiger partial charge in [-0.05, 0) is 73.5 Å². The monoisotopic (exact) mass is 396 g/mol. The van der Waals surface area contributed by atoms with Crippen LogP contribution in [0.3, 0.4) is 0 Å². The van der Waals surface area contributed by atoms with E-state index >= 15 is 0 Å². The number of hydrogen-bond acceptors (Lipinski definition) is 3. The van der Waals surface area contributed by atoms with E-state index in [4.69, 9.17) is 4.98 Å². The summed E-state index contributed by atoms with van der Waals surface area (Å²) in [6.07, 6.45) is 4.08. The first-order valence-corrected chi connectivity index (χ1v) is 11.0. The van der Waals surface area contributed by atoms with Crippen LogP contribution in [0.25, 0.3) is 33.5 Å². The van der Waals surface area contributed by atoms with E-state index in [1.807, 2.05) is 6.07 Å². The minimum Gasteiger partial charge on any atom is -0.384 e. The molecule has 0 saturated carbocycles. The Hall–Kier alpha value is -3.11. The number of likely N-dealkylation sites (tertiary alicyclic amines) is 1. The van der Waals surface area contributed by atoms with E-state index in [9.17, 15) is 0 Å². The first-order valence-electron chi connectivity index (χ1n) is 11.0. The molecule has 2 N–H and O–H groups in total. The van der Waals surface area contributed by atoms with Crippen molar-refractivity contribution in [1.29, 1.82) is 0 Å². The van der Waals surface area contributed by atoms with Gasteiger partial charge in [-0.3, -0.25) is 0 Å². The third-order valence-corrected chi connectivity index (χ3v) is 5.95. The number of nitrogens with zero attached hydrogens (tertiary/aromatic N) is 2. The molecule has 1 fully saturated rings. The van der Waals surface area contributed by atoms with Crippen molar-refractivity contribution < 1.29 is 0 Å². The fourth-order valence-electron chi connectivity index (χ4n) is 4.24. The lowest BCUT2D eigenvalue weighted by Gasteiger charge is -2.26. The molecule has 1 saturated heterocycles. The summed E-state index contributed by atoms with van der Waals surface area (Å²) in [6, 6.07) is 25.4. The smallest absolute Gasteiger partial charge is 0.138 e. The zero-order valence-corrected chi connectivity index (χ0v) is 17.3. The van der Waals surface area contributed by atoms with Crippen molar-refractivity contribution in [3.8, 4) is 22.5 Å². The number of H-pyrrole nitrogens is 1. The molecule has 0 atom stereocenters. The maximum atomic E-state index is 4.79. The highest BCUT2D eigenvalue weighted by Crippen LogP contribution is 2.26. The van der Waals surface area contributed by atoms with Gasteiger partial charge in [0.1, 0.15) is 5.82 Å². The van der Waals surface area contributed by atoms with E-state index in [2.05, 4.69) is 81.9 Å². The molecule has 4 aromatic rings. The summed E-state index contributed by atoms with van der Waals surface area (Å²) in [6.45, 7) is 4.61. The lowest BCUT2D eigenvalue weighted by atomic mass is 10.1. The molecule has 30 heavy (non-hydrogen) atoms. The van der Waals surface area contributed by atoms with Crippen LogP contribution >= 0.6 is 0 Å². The number of hydrogen-bond donors (Lipinski definition) is 2. The molecule has 3 aromatic carbocycles. The van der Waals surface area contributed by atoms with Crippen LogP contribution in [0.1, 0.15) is 19.3 Å². The van der Waals surface area contributed by atoms with Crippen LogP contribution in [0, 0.1) is 0 Å². The Balaban J connectivity index is 1.27. The number of imidazole rings is 1. The van der Waals surface area contributed by atoms with Gasteiger partial charge >= 0.3 is 0 Å². The van der Waals surface area contributed by atoms with Crippen molar-refractivity contribution in [2.75, 3.05) is 31.5 Å². The number of nitrogens with one attached hydrogen (secondary N) is 2. The lowest BCUT2D eigenvalue weighted by molar-refractivity contribution is 0.237. The van der Waals surface area contributed by atoms with Gasteiger partial charge in [0.05, 0.1) is 11.0 Å². The first kappa shape index (κ1) is 18.9. The Kier molecular flexibility index (Phi) is 5.49. The quantitative estimate of drug-likeness (QED) is 0.433. The van der Waals surface area contributed by atoms with Gasteiger partial charge in [0, 0.05) is 24.3 Å². The van der Waals surface area contributed by atoms with Gasteiger partial charge in [-0.2, -0.15) is 0 Å².